The van der Waals surface area contributed by atoms with E-state index in [1.165, 1.54) is 17.8 Å². The molecule has 1 aromatic heterocycles. The molecule has 1 N–H and O–H groups in total. The summed E-state index contributed by atoms with van der Waals surface area (Å²) in [5, 5.41) is 8.14. The van der Waals surface area contributed by atoms with Crippen LogP contribution in [0.15, 0.2) is 6.07 Å². The molecule has 1 saturated heterocycles. The van der Waals surface area contributed by atoms with Crippen molar-refractivity contribution in [2.24, 2.45) is 7.05 Å². The van der Waals surface area contributed by atoms with Crippen molar-refractivity contribution in [3.8, 4) is 0 Å². The van der Waals surface area contributed by atoms with Crippen LogP contribution >= 0.6 is 0 Å². The molecule has 0 bridgehead atoms. The van der Waals surface area contributed by atoms with Crippen LogP contribution in [-0.4, -0.2) is 34.6 Å². The van der Waals surface area contributed by atoms with Crippen LogP contribution in [0.1, 0.15) is 45.0 Å². The molecule has 0 amide bonds. The number of rotatable bonds is 6. The Labute approximate surface area is 116 Å². The lowest BCUT2D eigenvalue weighted by molar-refractivity contribution is -0.0114. The van der Waals surface area contributed by atoms with Gasteiger partial charge in [-0.15, -0.1) is 0 Å². The summed E-state index contributed by atoms with van der Waals surface area (Å²) in [5.74, 6) is 0. The third kappa shape index (κ3) is 3.18. The third-order valence-electron chi connectivity index (χ3n) is 4.24. The standard InChI is InChI=1S/C15H27N3O/c1-5-12-10-13(18(4)17-12)11-14(16-6-2)15(3)8-7-9-19-15/h10,14,16H,5-9,11H2,1-4H3. The van der Waals surface area contributed by atoms with Crippen LogP contribution in [0.3, 0.4) is 0 Å². The zero-order chi connectivity index (χ0) is 13.9. The second kappa shape index (κ2) is 6.06. The molecular weight excluding hydrogens is 238 g/mol. The van der Waals surface area contributed by atoms with Crippen LogP contribution in [0.25, 0.3) is 0 Å². The SMILES string of the molecule is CCNC(Cc1cc(CC)nn1C)C1(C)CCCO1. The van der Waals surface area contributed by atoms with E-state index in [1.54, 1.807) is 0 Å². The van der Waals surface area contributed by atoms with E-state index in [-0.39, 0.29) is 5.60 Å². The van der Waals surface area contributed by atoms with Gasteiger partial charge in [0.05, 0.1) is 11.3 Å². The summed E-state index contributed by atoms with van der Waals surface area (Å²) in [6, 6.07) is 2.59. The predicted octanol–water partition coefficient (Wildman–Crippen LogP) is 2.07. The van der Waals surface area contributed by atoms with Crippen molar-refractivity contribution in [3.05, 3.63) is 17.5 Å². The monoisotopic (exact) mass is 265 g/mol. The molecule has 1 aliphatic heterocycles. The molecule has 0 spiro atoms. The fraction of sp³-hybridized carbons (Fsp3) is 0.800. The topological polar surface area (TPSA) is 39.1 Å². The maximum atomic E-state index is 6.01. The first-order chi connectivity index (χ1) is 9.09. The lowest BCUT2D eigenvalue weighted by Gasteiger charge is -2.34. The summed E-state index contributed by atoms with van der Waals surface area (Å²) in [7, 11) is 2.04. The minimum Gasteiger partial charge on any atom is -0.374 e. The van der Waals surface area contributed by atoms with E-state index in [9.17, 15) is 0 Å². The second-order valence-electron chi connectivity index (χ2n) is 5.68. The van der Waals surface area contributed by atoms with Gasteiger partial charge in [0, 0.05) is 31.8 Å². The van der Waals surface area contributed by atoms with Gasteiger partial charge in [-0.25, -0.2) is 0 Å². The largest absolute Gasteiger partial charge is 0.374 e. The fourth-order valence-electron chi connectivity index (χ4n) is 2.97. The van der Waals surface area contributed by atoms with Crippen LogP contribution in [0, 0.1) is 0 Å². The molecule has 2 atom stereocenters. The van der Waals surface area contributed by atoms with Gasteiger partial charge >= 0.3 is 0 Å². The summed E-state index contributed by atoms with van der Waals surface area (Å²) in [6.45, 7) is 8.41. The number of aromatic nitrogens is 2. The van der Waals surface area contributed by atoms with Crippen molar-refractivity contribution < 1.29 is 4.74 Å². The Bertz CT molecular complexity index is 408. The van der Waals surface area contributed by atoms with Crippen LogP contribution in [0.2, 0.25) is 0 Å². The number of hydrogen-bond acceptors (Lipinski definition) is 3. The zero-order valence-corrected chi connectivity index (χ0v) is 12.7. The predicted molar refractivity (Wildman–Crippen MR) is 77.3 cm³/mol. The number of nitrogens with zero attached hydrogens (tertiary/aromatic N) is 2. The summed E-state index contributed by atoms with van der Waals surface area (Å²) < 4.78 is 8.02. The highest BCUT2D eigenvalue weighted by Crippen LogP contribution is 2.30. The van der Waals surface area contributed by atoms with Gasteiger partial charge in [0.15, 0.2) is 0 Å². The van der Waals surface area contributed by atoms with E-state index >= 15 is 0 Å². The lowest BCUT2D eigenvalue weighted by atomic mass is 9.89. The van der Waals surface area contributed by atoms with Crippen molar-refractivity contribution in [3.63, 3.8) is 0 Å². The van der Waals surface area contributed by atoms with Gasteiger partial charge in [0.1, 0.15) is 0 Å². The molecule has 19 heavy (non-hydrogen) atoms. The highest BCUT2D eigenvalue weighted by Gasteiger charge is 2.38. The maximum Gasteiger partial charge on any atom is 0.0811 e. The Morgan fingerprint density at radius 1 is 1.53 bits per heavy atom. The van der Waals surface area contributed by atoms with Crippen molar-refractivity contribution in [1.82, 2.24) is 15.1 Å². The quantitative estimate of drug-likeness (QED) is 0.856. The van der Waals surface area contributed by atoms with Gasteiger partial charge in [-0.2, -0.15) is 5.10 Å². The van der Waals surface area contributed by atoms with Crippen LogP contribution in [0.4, 0.5) is 0 Å². The summed E-state index contributed by atoms with van der Waals surface area (Å²) in [6.07, 6.45) is 4.29. The summed E-state index contributed by atoms with van der Waals surface area (Å²) >= 11 is 0. The highest BCUT2D eigenvalue weighted by molar-refractivity contribution is 5.13. The molecule has 2 heterocycles. The fourth-order valence-corrected chi connectivity index (χ4v) is 2.97. The van der Waals surface area contributed by atoms with Crippen molar-refractivity contribution in [2.45, 2.75) is 58.1 Å². The van der Waals surface area contributed by atoms with Crippen molar-refractivity contribution in [2.75, 3.05) is 13.2 Å². The maximum absolute atomic E-state index is 6.01. The van der Waals surface area contributed by atoms with E-state index in [0.717, 1.165) is 32.4 Å². The van der Waals surface area contributed by atoms with E-state index in [1.807, 2.05) is 11.7 Å². The molecule has 2 rings (SSSR count). The Kier molecular flexibility index (Phi) is 4.63. The van der Waals surface area contributed by atoms with E-state index in [4.69, 9.17) is 4.74 Å². The Morgan fingerprint density at radius 2 is 2.32 bits per heavy atom. The van der Waals surface area contributed by atoms with Crippen molar-refractivity contribution in [1.29, 1.82) is 0 Å². The van der Waals surface area contributed by atoms with Crippen molar-refractivity contribution >= 4 is 0 Å². The molecule has 0 radical (unpaired) electrons. The molecule has 0 saturated carbocycles. The minimum atomic E-state index is -0.0351. The van der Waals surface area contributed by atoms with Gasteiger partial charge in [-0.05, 0) is 38.8 Å². The van der Waals surface area contributed by atoms with E-state index in [2.05, 4.69) is 37.3 Å². The third-order valence-corrected chi connectivity index (χ3v) is 4.24. The van der Waals surface area contributed by atoms with Gasteiger partial charge in [0.2, 0.25) is 0 Å². The molecule has 1 aromatic rings. The minimum absolute atomic E-state index is 0.0351. The zero-order valence-electron chi connectivity index (χ0n) is 12.7. The molecule has 2 unspecified atom stereocenters. The number of likely N-dealkylation sites (N-methyl/N-ethyl adjacent to an activating group) is 1. The molecule has 0 aliphatic carbocycles. The lowest BCUT2D eigenvalue weighted by Crippen LogP contribution is -2.50. The van der Waals surface area contributed by atoms with Gasteiger partial charge in [-0.3, -0.25) is 4.68 Å². The molecule has 108 valence electrons. The highest BCUT2D eigenvalue weighted by atomic mass is 16.5. The first-order valence-corrected chi connectivity index (χ1v) is 7.48. The molecule has 1 aliphatic rings. The summed E-state index contributed by atoms with van der Waals surface area (Å²) in [5.41, 5.74) is 2.43. The molecule has 0 aromatic carbocycles. The number of hydrogen-bond donors (Lipinski definition) is 1. The number of aryl methyl sites for hydroxylation is 2. The molecule has 4 nitrogen and oxygen atoms in total. The Hall–Kier alpha value is -0.870. The summed E-state index contributed by atoms with van der Waals surface area (Å²) in [4.78, 5) is 0. The van der Waals surface area contributed by atoms with E-state index < -0.39 is 0 Å². The first kappa shape index (κ1) is 14.5. The average molecular weight is 265 g/mol. The Balaban J connectivity index is 2.13. The molecule has 1 fully saturated rings. The smallest absolute Gasteiger partial charge is 0.0811 e. The van der Waals surface area contributed by atoms with Gasteiger partial charge < -0.3 is 10.1 Å². The van der Waals surface area contributed by atoms with Gasteiger partial charge in [0.25, 0.3) is 0 Å². The average Bonchev–Trinajstić information content (AvgIpc) is 2.97. The Morgan fingerprint density at radius 3 is 2.84 bits per heavy atom. The first-order valence-electron chi connectivity index (χ1n) is 7.48. The normalized spacial score (nSPS) is 24.8. The molecular formula is C15H27N3O. The van der Waals surface area contributed by atoms with E-state index in [0.29, 0.717) is 6.04 Å². The van der Waals surface area contributed by atoms with Crippen LogP contribution in [-0.2, 0) is 24.6 Å². The second-order valence-corrected chi connectivity index (χ2v) is 5.68. The number of nitrogens with one attached hydrogen (secondary N) is 1. The van der Waals surface area contributed by atoms with Crippen LogP contribution in [0.5, 0.6) is 0 Å². The number of ether oxygens (including phenoxy) is 1. The van der Waals surface area contributed by atoms with Gasteiger partial charge in [-0.1, -0.05) is 13.8 Å². The van der Waals surface area contributed by atoms with Crippen LogP contribution < -0.4 is 5.32 Å². The molecule has 4 heteroatoms.